The van der Waals surface area contributed by atoms with Crippen LogP contribution in [0.15, 0.2) is 28.7 Å². The van der Waals surface area contributed by atoms with E-state index < -0.39 is 0 Å². The van der Waals surface area contributed by atoms with Crippen LogP contribution in [-0.2, 0) is 0 Å². The van der Waals surface area contributed by atoms with Crippen LogP contribution in [-0.4, -0.2) is 13.1 Å². The van der Waals surface area contributed by atoms with Gasteiger partial charge in [-0.3, -0.25) is 0 Å². The Kier molecular flexibility index (Phi) is 3.04. The number of benzene rings is 1. The molecule has 1 aromatic rings. The van der Waals surface area contributed by atoms with Crippen molar-refractivity contribution < 1.29 is 0 Å². The fourth-order valence-corrected chi connectivity index (χ4v) is 4.40. The van der Waals surface area contributed by atoms with Gasteiger partial charge in [0, 0.05) is 16.9 Å². The maximum absolute atomic E-state index is 3.60. The molecule has 2 heteroatoms. The second kappa shape index (κ2) is 4.40. The molecule has 0 bridgehead atoms. The van der Waals surface area contributed by atoms with Crippen LogP contribution in [0.25, 0.3) is 0 Å². The van der Waals surface area contributed by atoms with Gasteiger partial charge in [-0.25, -0.2) is 0 Å². The van der Waals surface area contributed by atoms with Gasteiger partial charge in [-0.2, -0.15) is 0 Å². The van der Waals surface area contributed by atoms with Crippen molar-refractivity contribution in [1.29, 1.82) is 0 Å². The number of rotatable bonds is 1. The van der Waals surface area contributed by atoms with E-state index >= 15 is 0 Å². The molecule has 0 radical (unpaired) electrons. The van der Waals surface area contributed by atoms with Gasteiger partial charge in [-0.05, 0) is 54.8 Å². The second-order valence-corrected chi connectivity index (χ2v) is 6.85. The number of hydrogen-bond donors (Lipinski definition) is 1. The summed E-state index contributed by atoms with van der Waals surface area (Å²) in [6.45, 7) is 4.76. The van der Waals surface area contributed by atoms with Crippen molar-refractivity contribution in [3.63, 3.8) is 0 Å². The van der Waals surface area contributed by atoms with Crippen molar-refractivity contribution in [2.24, 2.45) is 11.3 Å². The Morgan fingerprint density at radius 3 is 2.88 bits per heavy atom. The highest BCUT2D eigenvalue weighted by Crippen LogP contribution is 2.57. The molecule has 1 aromatic carbocycles. The first-order chi connectivity index (χ1) is 8.20. The van der Waals surface area contributed by atoms with Crippen molar-refractivity contribution in [3.05, 3.63) is 34.3 Å². The van der Waals surface area contributed by atoms with E-state index in [1.54, 1.807) is 0 Å². The number of halogens is 1. The monoisotopic (exact) mass is 293 g/mol. The summed E-state index contributed by atoms with van der Waals surface area (Å²) in [7, 11) is 0. The fraction of sp³-hybridized carbons (Fsp3) is 0.600. The van der Waals surface area contributed by atoms with Gasteiger partial charge in [-0.15, -0.1) is 0 Å². The highest BCUT2D eigenvalue weighted by atomic mass is 79.9. The normalized spacial score (nSPS) is 36.8. The Morgan fingerprint density at radius 2 is 2.18 bits per heavy atom. The molecule has 1 nitrogen and oxygen atoms in total. The first-order valence-electron chi connectivity index (χ1n) is 6.66. The van der Waals surface area contributed by atoms with E-state index in [-0.39, 0.29) is 0 Å². The van der Waals surface area contributed by atoms with Crippen LogP contribution in [0.1, 0.15) is 37.7 Å². The first-order valence-corrected chi connectivity index (χ1v) is 7.45. The molecular weight excluding hydrogens is 274 g/mol. The molecule has 1 spiro atoms. The van der Waals surface area contributed by atoms with Crippen LogP contribution in [0, 0.1) is 11.3 Å². The molecule has 0 amide bonds. The third-order valence-electron chi connectivity index (χ3n) is 4.65. The lowest BCUT2D eigenvalue weighted by Gasteiger charge is -2.54. The van der Waals surface area contributed by atoms with Crippen LogP contribution in [0.2, 0.25) is 0 Å². The minimum Gasteiger partial charge on any atom is -0.316 e. The second-order valence-electron chi connectivity index (χ2n) is 5.94. The molecule has 1 aliphatic carbocycles. The van der Waals surface area contributed by atoms with Crippen molar-refractivity contribution in [1.82, 2.24) is 5.32 Å². The van der Waals surface area contributed by atoms with E-state index in [1.165, 1.54) is 35.8 Å². The quantitative estimate of drug-likeness (QED) is 0.827. The first kappa shape index (κ1) is 11.7. The SMILES string of the molecule is CC1CC2(CCNCC2c2cccc(Br)c2)C1. The van der Waals surface area contributed by atoms with Gasteiger partial charge in [0.15, 0.2) is 0 Å². The molecule has 92 valence electrons. The minimum atomic E-state index is 0.603. The summed E-state index contributed by atoms with van der Waals surface area (Å²) in [6.07, 6.45) is 4.20. The van der Waals surface area contributed by atoms with Gasteiger partial charge in [0.25, 0.3) is 0 Å². The largest absolute Gasteiger partial charge is 0.316 e. The zero-order valence-electron chi connectivity index (χ0n) is 10.4. The van der Waals surface area contributed by atoms with E-state index in [9.17, 15) is 0 Å². The maximum Gasteiger partial charge on any atom is 0.0178 e. The van der Waals surface area contributed by atoms with Crippen molar-refractivity contribution >= 4 is 15.9 Å². The van der Waals surface area contributed by atoms with Crippen LogP contribution < -0.4 is 5.32 Å². The van der Waals surface area contributed by atoms with E-state index in [2.05, 4.69) is 52.4 Å². The van der Waals surface area contributed by atoms with Crippen molar-refractivity contribution in [3.8, 4) is 0 Å². The van der Waals surface area contributed by atoms with Crippen LogP contribution in [0.3, 0.4) is 0 Å². The molecule has 17 heavy (non-hydrogen) atoms. The summed E-state index contributed by atoms with van der Waals surface area (Å²) in [4.78, 5) is 0. The molecule has 3 rings (SSSR count). The molecule has 1 atom stereocenters. The van der Waals surface area contributed by atoms with E-state index in [4.69, 9.17) is 0 Å². The zero-order valence-corrected chi connectivity index (χ0v) is 12.0. The highest BCUT2D eigenvalue weighted by molar-refractivity contribution is 9.10. The topological polar surface area (TPSA) is 12.0 Å². The zero-order chi connectivity index (χ0) is 11.9. The number of piperidine rings is 1. The molecule has 1 N–H and O–H groups in total. The van der Waals surface area contributed by atoms with Crippen molar-refractivity contribution in [2.75, 3.05) is 13.1 Å². The van der Waals surface area contributed by atoms with E-state index in [0.717, 1.165) is 12.5 Å². The van der Waals surface area contributed by atoms with E-state index in [1.807, 2.05) is 0 Å². The smallest absolute Gasteiger partial charge is 0.0178 e. The molecule has 2 fully saturated rings. The molecule has 1 unspecified atom stereocenters. The molecule has 2 aliphatic rings. The van der Waals surface area contributed by atoms with Crippen LogP contribution in [0.5, 0.6) is 0 Å². The molecule has 1 saturated carbocycles. The maximum atomic E-state index is 3.60. The molecule has 1 saturated heterocycles. The van der Waals surface area contributed by atoms with Gasteiger partial charge in [0.05, 0.1) is 0 Å². The summed E-state index contributed by atoms with van der Waals surface area (Å²) >= 11 is 3.60. The summed E-state index contributed by atoms with van der Waals surface area (Å²) < 4.78 is 1.21. The van der Waals surface area contributed by atoms with Gasteiger partial charge in [0.2, 0.25) is 0 Å². The van der Waals surface area contributed by atoms with Gasteiger partial charge in [-0.1, -0.05) is 35.0 Å². The molecule has 1 heterocycles. The Balaban J connectivity index is 1.89. The molecular formula is C15H20BrN. The summed E-state index contributed by atoms with van der Waals surface area (Å²) in [5, 5.41) is 3.58. The standard InChI is InChI=1S/C15H20BrN/c1-11-8-15(9-11)5-6-17-10-14(15)12-3-2-4-13(16)7-12/h2-4,7,11,14,17H,5-6,8-10H2,1H3. The lowest BCUT2D eigenvalue weighted by atomic mass is 9.52. The van der Waals surface area contributed by atoms with Crippen LogP contribution in [0.4, 0.5) is 0 Å². The van der Waals surface area contributed by atoms with E-state index in [0.29, 0.717) is 11.3 Å². The average molecular weight is 294 g/mol. The summed E-state index contributed by atoms with van der Waals surface area (Å²) in [5.41, 5.74) is 2.12. The third kappa shape index (κ3) is 2.06. The Labute approximate surface area is 112 Å². The third-order valence-corrected chi connectivity index (χ3v) is 5.14. The van der Waals surface area contributed by atoms with Gasteiger partial charge >= 0.3 is 0 Å². The Bertz CT molecular complexity index is 404. The number of nitrogens with one attached hydrogen (secondary N) is 1. The predicted octanol–water partition coefficient (Wildman–Crippen LogP) is 3.94. The average Bonchev–Trinajstić information content (AvgIpc) is 2.28. The predicted molar refractivity (Wildman–Crippen MR) is 75.2 cm³/mol. The lowest BCUT2D eigenvalue weighted by molar-refractivity contribution is 0.00836. The Morgan fingerprint density at radius 1 is 1.35 bits per heavy atom. The van der Waals surface area contributed by atoms with Gasteiger partial charge < -0.3 is 5.32 Å². The highest BCUT2D eigenvalue weighted by Gasteiger charge is 2.49. The van der Waals surface area contributed by atoms with Crippen molar-refractivity contribution in [2.45, 2.75) is 32.1 Å². The summed E-state index contributed by atoms with van der Waals surface area (Å²) in [6, 6.07) is 8.90. The van der Waals surface area contributed by atoms with Crippen LogP contribution >= 0.6 is 15.9 Å². The Hall–Kier alpha value is -0.340. The molecule has 0 aromatic heterocycles. The number of hydrogen-bond acceptors (Lipinski definition) is 1. The van der Waals surface area contributed by atoms with Gasteiger partial charge in [0.1, 0.15) is 0 Å². The summed E-state index contributed by atoms with van der Waals surface area (Å²) in [5.74, 6) is 1.65. The lowest BCUT2D eigenvalue weighted by Crippen LogP contribution is -2.50. The minimum absolute atomic E-state index is 0.603. The fourth-order valence-electron chi connectivity index (χ4n) is 3.99. The molecule has 1 aliphatic heterocycles.